The quantitative estimate of drug-likeness (QED) is 0.159. The summed E-state index contributed by atoms with van der Waals surface area (Å²) in [5.41, 5.74) is 0. The van der Waals surface area contributed by atoms with E-state index in [9.17, 15) is 4.79 Å². The van der Waals surface area contributed by atoms with Gasteiger partial charge in [0, 0.05) is 26.1 Å². The molecule has 0 atom stereocenters. The Morgan fingerprint density at radius 2 is 1.16 bits per heavy atom. The fourth-order valence-corrected chi connectivity index (χ4v) is 3.30. The van der Waals surface area contributed by atoms with Crippen LogP contribution in [-0.4, -0.2) is 37.1 Å². The van der Waals surface area contributed by atoms with Crippen LogP contribution in [0.2, 0.25) is 0 Å². The number of unbranched alkanes of at least 4 members (excludes halogenated alkanes) is 14. The first-order valence-corrected chi connectivity index (χ1v) is 11.2. The van der Waals surface area contributed by atoms with Crippen molar-refractivity contribution in [2.24, 2.45) is 0 Å². The van der Waals surface area contributed by atoms with E-state index in [1.165, 1.54) is 103 Å². The minimum atomic E-state index is -0.00320. The highest BCUT2D eigenvalue weighted by molar-refractivity contribution is 5.69. The van der Waals surface area contributed by atoms with E-state index in [1.807, 2.05) is 0 Å². The minimum Gasteiger partial charge on any atom is -0.464 e. The van der Waals surface area contributed by atoms with Crippen LogP contribution in [0.1, 0.15) is 110 Å². The number of rotatable bonds is 19. The maximum Gasteiger partial charge on any atom is 0.305 e. The first-order valence-electron chi connectivity index (χ1n) is 11.2. The number of nitrogens with zero attached hydrogens (tertiary/aromatic N) is 1. The summed E-state index contributed by atoms with van der Waals surface area (Å²) in [5, 5.41) is 0. The summed E-state index contributed by atoms with van der Waals surface area (Å²) in [6.07, 6.45) is 21.0. The highest BCUT2D eigenvalue weighted by Crippen LogP contribution is 2.13. The Bertz CT molecular complexity index is 302. The molecule has 1 rings (SSSR count). The van der Waals surface area contributed by atoms with Crippen LogP contribution in [0.4, 0.5) is 0 Å². The summed E-state index contributed by atoms with van der Waals surface area (Å²) in [5.74, 6) is -0.00320. The Hall–Kier alpha value is -0.570. The van der Waals surface area contributed by atoms with Crippen molar-refractivity contribution in [3.63, 3.8) is 0 Å². The van der Waals surface area contributed by atoms with E-state index < -0.39 is 0 Å². The third-order valence-corrected chi connectivity index (χ3v) is 5.19. The molecule has 0 aromatic heterocycles. The highest BCUT2D eigenvalue weighted by Gasteiger charge is 2.16. The van der Waals surface area contributed by atoms with Crippen molar-refractivity contribution in [2.45, 2.75) is 110 Å². The standard InChI is InChI=1S/C22H43NO2/c1-2-3-4-5-6-7-8-9-10-11-12-13-14-15-16-17-22(24)25-21-20-23-18-19-23/h2-21H2,1H3. The maximum absolute atomic E-state index is 11.5. The van der Waals surface area contributed by atoms with E-state index in [-0.39, 0.29) is 5.97 Å². The second kappa shape index (κ2) is 16.9. The van der Waals surface area contributed by atoms with Gasteiger partial charge >= 0.3 is 5.97 Å². The molecular formula is C22H43NO2. The van der Waals surface area contributed by atoms with Gasteiger partial charge in [-0.15, -0.1) is 0 Å². The Labute approximate surface area is 156 Å². The lowest BCUT2D eigenvalue weighted by Crippen LogP contribution is -2.12. The topological polar surface area (TPSA) is 29.3 Å². The molecule has 0 bridgehead atoms. The van der Waals surface area contributed by atoms with Crippen LogP contribution < -0.4 is 0 Å². The third-order valence-electron chi connectivity index (χ3n) is 5.19. The van der Waals surface area contributed by atoms with Crippen molar-refractivity contribution in [1.82, 2.24) is 4.90 Å². The molecule has 0 aromatic rings. The Balaban J connectivity index is 1.66. The van der Waals surface area contributed by atoms with E-state index in [2.05, 4.69) is 11.8 Å². The van der Waals surface area contributed by atoms with Crippen molar-refractivity contribution in [3.05, 3.63) is 0 Å². The molecule has 3 nitrogen and oxygen atoms in total. The molecule has 0 amide bonds. The maximum atomic E-state index is 11.5. The first-order chi connectivity index (χ1) is 12.3. The number of ether oxygens (including phenoxy) is 1. The summed E-state index contributed by atoms with van der Waals surface area (Å²) < 4.78 is 5.23. The van der Waals surface area contributed by atoms with E-state index in [0.717, 1.165) is 13.0 Å². The monoisotopic (exact) mass is 353 g/mol. The molecule has 0 saturated carbocycles. The van der Waals surface area contributed by atoms with Crippen LogP contribution in [0, 0.1) is 0 Å². The Morgan fingerprint density at radius 1 is 0.720 bits per heavy atom. The average Bonchev–Trinajstić information content (AvgIpc) is 3.42. The Kier molecular flexibility index (Phi) is 15.2. The molecule has 25 heavy (non-hydrogen) atoms. The van der Waals surface area contributed by atoms with E-state index >= 15 is 0 Å². The first kappa shape index (κ1) is 22.5. The van der Waals surface area contributed by atoms with Crippen LogP contribution >= 0.6 is 0 Å². The molecule has 0 spiro atoms. The molecule has 3 heteroatoms. The molecule has 0 N–H and O–H groups in total. The zero-order valence-electron chi connectivity index (χ0n) is 16.9. The van der Waals surface area contributed by atoms with Gasteiger partial charge in [-0.25, -0.2) is 0 Å². The number of carbonyl (C=O) groups is 1. The molecule has 1 fully saturated rings. The molecule has 1 aliphatic heterocycles. The smallest absolute Gasteiger partial charge is 0.305 e. The van der Waals surface area contributed by atoms with E-state index in [4.69, 9.17) is 4.74 Å². The third kappa shape index (κ3) is 16.6. The van der Waals surface area contributed by atoms with Gasteiger partial charge in [-0.1, -0.05) is 96.8 Å². The molecule has 1 aliphatic rings. The van der Waals surface area contributed by atoms with Crippen LogP contribution in [0.5, 0.6) is 0 Å². The van der Waals surface area contributed by atoms with Crippen LogP contribution in [0.25, 0.3) is 0 Å². The van der Waals surface area contributed by atoms with Gasteiger partial charge in [0.1, 0.15) is 6.61 Å². The number of hydrogen-bond donors (Lipinski definition) is 0. The zero-order chi connectivity index (χ0) is 18.0. The van der Waals surface area contributed by atoms with E-state index in [0.29, 0.717) is 13.0 Å². The van der Waals surface area contributed by atoms with Gasteiger partial charge in [-0.3, -0.25) is 9.69 Å². The van der Waals surface area contributed by atoms with Crippen LogP contribution in [0.3, 0.4) is 0 Å². The van der Waals surface area contributed by atoms with Crippen molar-refractivity contribution in [3.8, 4) is 0 Å². The van der Waals surface area contributed by atoms with Gasteiger partial charge in [0.15, 0.2) is 0 Å². The Morgan fingerprint density at radius 3 is 1.60 bits per heavy atom. The second-order valence-electron chi connectivity index (χ2n) is 7.76. The highest BCUT2D eigenvalue weighted by atomic mass is 16.5. The molecule has 1 heterocycles. The largest absolute Gasteiger partial charge is 0.464 e. The zero-order valence-corrected chi connectivity index (χ0v) is 16.9. The molecule has 1 saturated heterocycles. The van der Waals surface area contributed by atoms with Crippen LogP contribution in [0.15, 0.2) is 0 Å². The van der Waals surface area contributed by atoms with Gasteiger partial charge in [0.25, 0.3) is 0 Å². The van der Waals surface area contributed by atoms with Crippen molar-refractivity contribution in [1.29, 1.82) is 0 Å². The summed E-state index contributed by atoms with van der Waals surface area (Å²) in [4.78, 5) is 13.8. The number of esters is 1. The molecule has 0 aromatic carbocycles. The fraction of sp³-hybridized carbons (Fsp3) is 0.955. The summed E-state index contributed by atoms with van der Waals surface area (Å²) in [7, 11) is 0. The average molecular weight is 354 g/mol. The van der Waals surface area contributed by atoms with E-state index in [1.54, 1.807) is 0 Å². The molecule has 0 aliphatic carbocycles. The SMILES string of the molecule is CCCCCCCCCCCCCCCCCC(=O)OCCN1CC1. The second-order valence-corrected chi connectivity index (χ2v) is 7.76. The summed E-state index contributed by atoms with van der Waals surface area (Å²) >= 11 is 0. The molecule has 0 radical (unpaired) electrons. The molecule has 148 valence electrons. The van der Waals surface area contributed by atoms with Crippen molar-refractivity contribution < 1.29 is 9.53 Å². The lowest BCUT2D eigenvalue weighted by molar-refractivity contribution is -0.143. The van der Waals surface area contributed by atoms with Crippen LogP contribution in [-0.2, 0) is 9.53 Å². The fourth-order valence-electron chi connectivity index (χ4n) is 3.30. The predicted molar refractivity (Wildman–Crippen MR) is 107 cm³/mol. The summed E-state index contributed by atoms with van der Waals surface area (Å²) in [6.45, 7) is 6.14. The van der Waals surface area contributed by atoms with Crippen molar-refractivity contribution >= 4 is 5.97 Å². The van der Waals surface area contributed by atoms with Gasteiger partial charge in [-0.05, 0) is 6.42 Å². The van der Waals surface area contributed by atoms with Crippen molar-refractivity contribution in [2.75, 3.05) is 26.2 Å². The minimum absolute atomic E-state index is 0.00320. The van der Waals surface area contributed by atoms with Gasteiger partial charge in [0.2, 0.25) is 0 Å². The molecule has 0 unspecified atom stereocenters. The summed E-state index contributed by atoms with van der Waals surface area (Å²) in [6, 6.07) is 0. The van der Waals surface area contributed by atoms with Gasteiger partial charge in [0.05, 0.1) is 0 Å². The molecular weight excluding hydrogens is 310 g/mol. The van der Waals surface area contributed by atoms with Gasteiger partial charge < -0.3 is 4.74 Å². The normalized spacial score (nSPS) is 14.0. The lowest BCUT2D eigenvalue weighted by Gasteiger charge is -2.05. The predicted octanol–water partition coefficient (Wildman–Crippen LogP) is 6.11. The number of hydrogen-bond acceptors (Lipinski definition) is 3. The number of carbonyl (C=O) groups excluding carboxylic acids is 1. The van der Waals surface area contributed by atoms with Gasteiger partial charge in [-0.2, -0.15) is 0 Å². The lowest BCUT2D eigenvalue weighted by atomic mass is 10.0.